The molecule has 0 heterocycles. The minimum absolute atomic E-state index is 0.0814. The van der Waals surface area contributed by atoms with E-state index in [1.807, 2.05) is 6.92 Å². The first-order chi connectivity index (χ1) is 8.02. The molecule has 1 atom stereocenters. The van der Waals surface area contributed by atoms with Crippen LogP contribution in [0.1, 0.15) is 32.8 Å². The van der Waals surface area contributed by atoms with Crippen molar-refractivity contribution in [2.45, 2.75) is 46.3 Å². The SMILES string of the molecule is CCC(CNC(C)C)Oc1cc(F)ccc1C. The summed E-state index contributed by atoms with van der Waals surface area (Å²) >= 11 is 0. The molecule has 1 N–H and O–H groups in total. The third kappa shape index (κ3) is 4.73. The van der Waals surface area contributed by atoms with Gasteiger partial charge in [0.05, 0.1) is 0 Å². The van der Waals surface area contributed by atoms with E-state index in [0.717, 1.165) is 18.5 Å². The Hall–Kier alpha value is -1.09. The second-order valence-corrected chi connectivity index (χ2v) is 4.62. The van der Waals surface area contributed by atoms with Gasteiger partial charge in [-0.15, -0.1) is 0 Å². The van der Waals surface area contributed by atoms with E-state index in [1.54, 1.807) is 6.07 Å². The topological polar surface area (TPSA) is 21.3 Å². The van der Waals surface area contributed by atoms with E-state index < -0.39 is 0 Å². The van der Waals surface area contributed by atoms with Crippen LogP contribution in [0.25, 0.3) is 0 Å². The zero-order valence-corrected chi connectivity index (χ0v) is 11.1. The van der Waals surface area contributed by atoms with E-state index in [-0.39, 0.29) is 11.9 Å². The molecule has 0 saturated heterocycles. The highest BCUT2D eigenvalue weighted by molar-refractivity contribution is 5.32. The van der Waals surface area contributed by atoms with Crippen molar-refractivity contribution in [3.8, 4) is 5.75 Å². The fraction of sp³-hybridized carbons (Fsp3) is 0.571. The normalized spacial score (nSPS) is 12.8. The van der Waals surface area contributed by atoms with Crippen LogP contribution in [0.4, 0.5) is 4.39 Å². The average Bonchev–Trinajstić information content (AvgIpc) is 2.28. The molecule has 0 aromatic heterocycles. The quantitative estimate of drug-likeness (QED) is 0.822. The summed E-state index contributed by atoms with van der Waals surface area (Å²) in [5.41, 5.74) is 0.967. The van der Waals surface area contributed by atoms with Crippen molar-refractivity contribution in [3.05, 3.63) is 29.6 Å². The molecule has 0 fully saturated rings. The molecular formula is C14H22FNO. The number of rotatable bonds is 6. The molecule has 17 heavy (non-hydrogen) atoms. The zero-order chi connectivity index (χ0) is 12.8. The van der Waals surface area contributed by atoms with E-state index in [0.29, 0.717) is 11.8 Å². The van der Waals surface area contributed by atoms with Crippen molar-refractivity contribution in [1.82, 2.24) is 5.32 Å². The van der Waals surface area contributed by atoms with Gasteiger partial charge in [-0.1, -0.05) is 26.8 Å². The number of nitrogens with one attached hydrogen (secondary N) is 1. The van der Waals surface area contributed by atoms with Gasteiger partial charge >= 0.3 is 0 Å². The number of benzene rings is 1. The van der Waals surface area contributed by atoms with Crippen molar-refractivity contribution in [2.24, 2.45) is 0 Å². The molecule has 1 unspecified atom stereocenters. The molecule has 0 spiro atoms. The van der Waals surface area contributed by atoms with Gasteiger partial charge in [-0.25, -0.2) is 4.39 Å². The lowest BCUT2D eigenvalue weighted by atomic mass is 10.2. The van der Waals surface area contributed by atoms with Crippen molar-refractivity contribution in [1.29, 1.82) is 0 Å². The molecule has 2 nitrogen and oxygen atoms in total. The molecular weight excluding hydrogens is 217 g/mol. The Morgan fingerprint density at radius 3 is 2.65 bits per heavy atom. The van der Waals surface area contributed by atoms with Crippen LogP contribution in [0.15, 0.2) is 18.2 Å². The van der Waals surface area contributed by atoms with E-state index in [2.05, 4.69) is 26.1 Å². The third-order valence-corrected chi connectivity index (χ3v) is 2.65. The standard InChI is InChI=1S/C14H22FNO/c1-5-13(9-16-10(2)3)17-14-8-12(15)7-6-11(14)4/h6-8,10,13,16H,5,9H2,1-4H3. The third-order valence-electron chi connectivity index (χ3n) is 2.65. The van der Waals surface area contributed by atoms with Crippen LogP contribution < -0.4 is 10.1 Å². The second kappa shape index (κ2) is 6.60. The van der Waals surface area contributed by atoms with E-state index >= 15 is 0 Å². The molecule has 3 heteroatoms. The average molecular weight is 239 g/mol. The molecule has 0 aliphatic heterocycles. The number of ether oxygens (including phenoxy) is 1. The monoisotopic (exact) mass is 239 g/mol. The Bertz CT molecular complexity index is 352. The van der Waals surface area contributed by atoms with Gasteiger partial charge in [-0.05, 0) is 25.0 Å². The summed E-state index contributed by atoms with van der Waals surface area (Å²) in [5.74, 6) is 0.389. The summed E-state index contributed by atoms with van der Waals surface area (Å²) in [4.78, 5) is 0. The summed E-state index contributed by atoms with van der Waals surface area (Å²) in [6.45, 7) is 8.98. The summed E-state index contributed by atoms with van der Waals surface area (Å²) in [6.07, 6.45) is 0.980. The number of hydrogen-bond donors (Lipinski definition) is 1. The minimum Gasteiger partial charge on any atom is -0.489 e. The molecule has 0 radical (unpaired) electrons. The van der Waals surface area contributed by atoms with Crippen molar-refractivity contribution in [2.75, 3.05) is 6.54 Å². The minimum atomic E-state index is -0.253. The number of hydrogen-bond acceptors (Lipinski definition) is 2. The Kier molecular flexibility index (Phi) is 5.42. The van der Waals surface area contributed by atoms with Gasteiger partial charge in [0.2, 0.25) is 0 Å². The molecule has 1 aromatic carbocycles. The van der Waals surface area contributed by atoms with Gasteiger partial charge in [-0.3, -0.25) is 0 Å². The van der Waals surface area contributed by atoms with Crippen molar-refractivity contribution < 1.29 is 9.13 Å². The van der Waals surface area contributed by atoms with E-state index in [4.69, 9.17) is 4.74 Å². The zero-order valence-electron chi connectivity index (χ0n) is 11.1. The second-order valence-electron chi connectivity index (χ2n) is 4.62. The smallest absolute Gasteiger partial charge is 0.126 e. The maximum Gasteiger partial charge on any atom is 0.126 e. The largest absolute Gasteiger partial charge is 0.489 e. The maximum absolute atomic E-state index is 13.1. The molecule has 1 aromatic rings. The molecule has 1 rings (SSSR count). The van der Waals surface area contributed by atoms with Gasteiger partial charge in [0.15, 0.2) is 0 Å². The summed E-state index contributed by atoms with van der Waals surface area (Å²) < 4.78 is 18.9. The first-order valence-electron chi connectivity index (χ1n) is 6.19. The highest BCUT2D eigenvalue weighted by Crippen LogP contribution is 2.20. The molecule has 0 bridgehead atoms. The highest BCUT2D eigenvalue weighted by Gasteiger charge is 2.10. The highest BCUT2D eigenvalue weighted by atomic mass is 19.1. The maximum atomic E-state index is 13.1. The van der Waals surface area contributed by atoms with Crippen LogP contribution >= 0.6 is 0 Å². The van der Waals surface area contributed by atoms with Crippen molar-refractivity contribution >= 4 is 0 Å². The molecule has 0 aliphatic carbocycles. The number of aryl methyl sites for hydroxylation is 1. The summed E-state index contributed by atoms with van der Waals surface area (Å²) in [6, 6.07) is 5.08. The number of halogens is 1. The molecule has 0 aliphatic rings. The Morgan fingerprint density at radius 1 is 1.35 bits per heavy atom. The van der Waals surface area contributed by atoms with Crippen LogP contribution in [0.5, 0.6) is 5.75 Å². The van der Waals surface area contributed by atoms with Gasteiger partial charge in [-0.2, -0.15) is 0 Å². The Morgan fingerprint density at radius 2 is 2.06 bits per heavy atom. The predicted molar refractivity (Wildman–Crippen MR) is 69.0 cm³/mol. The van der Waals surface area contributed by atoms with Crippen LogP contribution in [0, 0.1) is 12.7 Å². The van der Waals surface area contributed by atoms with E-state index in [9.17, 15) is 4.39 Å². The predicted octanol–water partition coefficient (Wildman–Crippen LogP) is 3.29. The van der Waals surface area contributed by atoms with Crippen molar-refractivity contribution in [3.63, 3.8) is 0 Å². The van der Waals surface area contributed by atoms with Crippen LogP contribution in [-0.2, 0) is 0 Å². The van der Waals surface area contributed by atoms with Gasteiger partial charge in [0, 0.05) is 18.7 Å². The lowest BCUT2D eigenvalue weighted by Gasteiger charge is -2.20. The molecule has 0 amide bonds. The molecule has 96 valence electrons. The van der Waals surface area contributed by atoms with Crippen LogP contribution in [0.2, 0.25) is 0 Å². The first-order valence-corrected chi connectivity index (χ1v) is 6.19. The fourth-order valence-electron chi connectivity index (χ4n) is 1.52. The lowest BCUT2D eigenvalue weighted by molar-refractivity contribution is 0.188. The Labute approximate surface area is 103 Å². The molecule has 0 saturated carbocycles. The summed E-state index contributed by atoms with van der Waals surface area (Å²) in [7, 11) is 0. The lowest BCUT2D eigenvalue weighted by Crippen LogP contribution is -2.35. The van der Waals surface area contributed by atoms with Gasteiger partial charge in [0.1, 0.15) is 17.7 Å². The van der Waals surface area contributed by atoms with Crippen LogP contribution in [-0.4, -0.2) is 18.7 Å². The summed E-state index contributed by atoms with van der Waals surface area (Å²) in [5, 5.41) is 3.33. The van der Waals surface area contributed by atoms with Gasteiger partial charge < -0.3 is 10.1 Å². The van der Waals surface area contributed by atoms with E-state index in [1.165, 1.54) is 12.1 Å². The fourth-order valence-corrected chi connectivity index (χ4v) is 1.52. The first kappa shape index (κ1) is 14.0. The van der Waals surface area contributed by atoms with Crippen LogP contribution in [0.3, 0.4) is 0 Å². The van der Waals surface area contributed by atoms with Gasteiger partial charge in [0.25, 0.3) is 0 Å². The Balaban J connectivity index is 2.63.